The van der Waals surface area contributed by atoms with Gasteiger partial charge in [0.1, 0.15) is 17.4 Å². The van der Waals surface area contributed by atoms with E-state index in [0.717, 1.165) is 5.56 Å². The average Bonchev–Trinajstić information content (AvgIpc) is 3.16. The number of halogens is 1. The zero-order valence-electron chi connectivity index (χ0n) is 16.0. The monoisotopic (exact) mass is 436 g/mol. The van der Waals surface area contributed by atoms with Gasteiger partial charge in [0.15, 0.2) is 0 Å². The first-order valence-corrected chi connectivity index (χ1v) is 11.0. The minimum absolute atomic E-state index is 0.175. The van der Waals surface area contributed by atoms with Crippen LogP contribution in [0.3, 0.4) is 0 Å². The highest BCUT2D eigenvalue weighted by molar-refractivity contribution is 7.89. The zero-order chi connectivity index (χ0) is 20.9. The summed E-state index contributed by atoms with van der Waals surface area (Å²) in [6.45, 7) is 0.633. The molecule has 10 heteroatoms. The number of hydrogen-bond acceptors (Lipinski definition) is 7. The normalized spacial score (nSPS) is 11.4. The number of aromatic nitrogens is 2. The van der Waals surface area contributed by atoms with Gasteiger partial charge >= 0.3 is 0 Å². The number of benzene rings is 2. The predicted molar refractivity (Wildman–Crippen MR) is 111 cm³/mol. The lowest BCUT2D eigenvalue weighted by Gasteiger charge is -2.15. The molecule has 154 valence electrons. The van der Waals surface area contributed by atoms with Gasteiger partial charge in [-0.05, 0) is 42.0 Å². The van der Waals surface area contributed by atoms with Crippen molar-refractivity contribution in [1.82, 2.24) is 14.1 Å². The zero-order valence-corrected chi connectivity index (χ0v) is 17.6. The van der Waals surface area contributed by atoms with Gasteiger partial charge in [-0.3, -0.25) is 0 Å². The van der Waals surface area contributed by atoms with Crippen LogP contribution in [-0.2, 0) is 16.4 Å². The quantitative estimate of drug-likeness (QED) is 0.555. The Morgan fingerprint density at radius 1 is 1.21 bits per heavy atom. The number of nitrogens with one attached hydrogen (secondary N) is 1. The summed E-state index contributed by atoms with van der Waals surface area (Å²) in [6, 6.07) is 12.5. The van der Waals surface area contributed by atoms with Crippen molar-refractivity contribution in [2.75, 3.05) is 32.1 Å². The molecule has 0 amide bonds. The first kappa shape index (κ1) is 21.2. The maximum absolute atomic E-state index is 13.3. The molecular weight excluding hydrogens is 415 g/mol. The minimum Gasteiger partial charge on any atom is -0.497 e. The molecule has 0 aliphatic carbocycles. The average molecular weight is 437 g/mol. The van der Waals surface area contributed by atoms with E-state index < -0.39 is 10.0 Å². The largest absolute Gasteiger partial charge is 0.497 e. The molecule has 3 rings (SSSR count). The number of ether oxygens (including phenoxy) is 1. The van der Waals surface area contributed by atoms with Gasteiger partial charge in [-0.25, -0.2) is 22.5 Å². The second-order valence-electron chi connectivity index (χ2n) is 6.29. The molecule has 0 spiro atoms. The summed E-state index contributed by atoms with van der Waals surface area (Å²) in [5, 5.41) is 0.667. The van der Waals surface area contributed by atoms with E-state index in [4.69, 9.17) is 4.74 Å². The lowest BCUT2D eigenvalue weighted by molar-refractivity contribution is 0.414. The first-order chi connectivity index (χ1) is 13.9. The Balaban J connectivity index is 1.54. The molecule has 1 aromatic heterocycles. The molecular formula is C19H21FN4O3S2. The van der Waals surface area contributed by atoms with Gasteiger partial charge in [0, 0.05) is 38.1 Å². The summed E-state index contributed by atoms with van der Waals surface area (Å²) in [7, 11) is -0.267. The van der Waals surface area contributed by atoms with Crippen LogP contribution in [0.5, 0.6) is 5.75 Å². The smallest absolute Gasteiger partial charge is 0.240 e. The highest BCUT2D eigenvalue weighted by atomic mass is 32.2. The fourth-order valence-corrected chi connectivity index (χ4v) is 4.27. The molecule has 0 bridgehead atoms. The van der Waals surface area contributed by atoms with Crippen LogP contribution >= 0.6 is 11.5 Å². The van der Waals surface area contributed by atoms with Gasteiger partial charge in [-0.15, -0.1) is 0 Å². The molecule has 0 aliphatic heterocycles. The van der Waals surface area contributed by atoms with Crippen molar-refractivity contribution in [3.8, 4) is 5.75 Å². The van der Waals surface area contributed by atoms with E-state index in [1.165, 1.54) is 42.9 Å². The topological polar surface area (TPSA) is 84.4 Å². The summed E-state index contributed by atoms with van der Waals surface area (Å²) < 4.78 is 49.9. The van der Waals surface area contributed by atoms with Crippen LogP contribution < -0.4 is 14.4 Å². The molecule has 7 nitrogen and oxygen atoms in total. The van der Waals surface area contributed by atoms with Crippen LogP contribution in [0.1, 0.15) is 11.4 Å². The van der Waals surface area contributed by atoms with Crippen molar-refractivity contribution in [3.63, 3.8) is 0 Å². The maximum Gasteiger partial charge on any atom is 0.240 e. The van der Waals surface area contributed by atoms with Crippen LogP contribution in [0.4, 0.5) is 9.52 Å². The summed E-state index contributed by atoms with van der Waals surface area (Å²) >= 11 is 1.22. The number of rotatable bonds is 9. The van der Waals surface area contributed by atoms with Crippen molar-refractivity contribution in [2.45, 2.75) is 11.3 Å². The number of methoxy groups -OCH3 is 1. The standard InChI is InChI=1S/C19H21FN4O3S2/c1-24(11-10-21-29(25,26)17-8-6-16(27-2)7-9-17)19-22-18(23-28-19)13-14-4-3-5-15(20)12-14/h3-9,12,21H,10-11,13H2,1-2H3. The van der Waals surface area contributed by atoms with E-state index in [9.17, 15) is 12.8 Å². The minimum atomic E-state index is -3.60. The van der Waals surface area contributed by atoms with E-state index in [2.05, 4.69) is 14.1 Å². The molecule has 0 fully saturated rings. The fourth-order valence-electron chi connectivity index (χ4n) is 2.58. The van der Waals surface area contributed by atoms with Crippen molar-refractivity contribution < 1.29 is 17.5 Å². The third-order valence-corrected chi connectivity index (χ3v) is 6.49. The van der Waals surface area contributed by atoms with E-state index >= 15 is 0 Å². The Bertz CT molecular complexity index is 1060. The second-order valence-corrected chi connectivity index (χ2v) is 8.79. The third kappa shape index (κ3) is 5.72. The first-order valence-electron chi connectivity index (χ1n) is 8.79. The molecule has 1 heterocycles. The summed E-state index contributed by atoms with van der Waals surface area (Å²) in [5.74, 6) is 0.898. The van der Waals surface area contributed by atoms with Crippen LogP contribution in [0.2, 0.25) is 0 Å². The molecule has 29 heavy (non-hydrogen) atoms. The molecule has 2 aromatic carbocycles. The van der Waals surface area contributed by atoms with Crippen molar-refractivity contribution in [3.05, 3.63) is 65.7 Å². The van der Waals surface area contributed by atoms with Crippen LogP contribution in [-0.4, -0.2) is 45.0 Å². The van der Waals surface area contributed by atoms with E-state index in [1.54, 1.807) is 18.2 Å². The molecule has 1 N–H and O–H groups in total. The Hall–Kier alpha value is -2.56. The van der Waals surface area contributed by atoms with Crippen LogP contribution in [0.15, 0.2) is 53.4 Å². The summed E-state index contributed by atoms with van der Waals surface area (Å²) in [6.07, 6.45) is 0.437. The van der Waals surface area contributed by atoms with Gasteiger partial charge in [-0.1, -0.05) is 12.1 Å². The van der Waals surface area contributed by atoms with E-state index in [0.29, 0.717) is 29.7 Å². The van der Waals surface area contributed by atoms with Crippen LogP contribution in [0, 0.1) is 5.82 Å². The Morgan fingerprint density at radius 2 is 1.97 bits per heavy atom. The lowest BCUT2D eigenvalue weighted by Crippen LogP contribution is -2.33. The van der Waals surface area contributed by atoms with Crippen molar-refractivity contribution >= 4 is 26.7 Å². The van der Waals surface area contributed by atoms with Crippen molar-refractivity contribution in [2.24, 2.45) is 0 Å². The Kier molecular flexibility index (Phi) is 6.78. The van der Waals surface area contributed by atoms with Gasteiger partial charge in [-0.2, -0.15) is 4.37 Å². The third-order valence-electron chi connectivity index (χ3n) is 4.14. The van der Waals surface area contributed by atoms with Crippen LogP contribution in [0.25, 0.3) is 0 Å². The molecule has 0 unspecified atom stereocenters. The number of anilines is 1. The van der Waals surface area contributed by atoms with Gasteiger partial charge in [0.05, 0.1) is 12.0 Å². The summed E-state index contributed by atoms with van der Waals surface area (Å²) in [4.78, 5) is 6.45. The molecule has 3 aromatic rings. The Labute approximate surface area is 173 Å². The molecule has 0 aliphatic rings. The van der Waals surface area contributed by atoms with E-state index in [-0.39, 0.29) is 17.3 Å². The van der Waals surface area contributed by atoms with Gasteiger partial charge in [0.25, 0.3) is 0 Å². The fraction of sp³-hybridized carbons (Fsp3) is 0.263. The SMILES string of the molecule is COc1ccc(S(=O)(=O)NCCN(C)c2nc(Cc3cccc(F)c3)ns2)cc1. The van der Waals surface area contributed by atoms with Gasteiger partial charge in [0.2, 0.25) is 15.2 Å². The molecule has 0 radical (unpaired) electrons. The number of likely N-dealkylation sites (N-methyl/N-ethyl adjacent to an activating group) is 1. The highest BCUT2D eigenvalue weighted by Crippen LogP contribution is 2.18. The second kappa shape index (κ2) is 9.29. The van der Waals surface area contributed by atoms with E-state index in [1.807, 2.05) is 18.0 Å². The van der Waals surface area contributed by atoms with Crippen molar-refractivity contribution in [1.29, 1.82) is 0 Å². The molecule has 0 atom stereocenters. The number of hydrogen-bond donors (Lipinski definition) is 1. The maximum atomic E-state index is 13.3. The number of nitrogens with zero attached hydrogens (tertiary/aromatic N) is 3. The predicted octanol–water partition coefficient (Wildman–Crippen LogP) is 2.69. The summed E-state index contributed by atoms with van der Waals surface area (Å²) in [5.41, 5.74) is 0.796. The Morgan fingerprint density at radius 3 is 2.66 bits per heavy atom. The molecule has 0 saturated carbocycles. The molecule has 0 saturated heterocycles. The highest BCUT2D eigenvalue weighted by Gasteiger charge is 2.15. The lowest BCUT2D eigenvalue weighted by atomic mass is 10.1. The number of sulfonamides is 1. The van der Waals surface area contributed by atoms with Gasteiger partial charge < -0.3 is 9.64 Å².